The number of carbonyl (C=O) groups is 1. The van der Waals surface area contributed by atoms with Gasteiger partial charge in [-0.25, -0.2) is 17.9 Å². The number of sulfonamides is 1. The highest BCUT2D eigenvalue weighted by atomic mass is 32.2. The summed E-state index contributed by atoms with van der Waals surface area (Å²) in [6.45, 7) is 4.52. The fourth-order valence-electron chi connectivity index (χ4n) is 2.57. The molecule has 0 aliphatic carbocycles. The molecular formula is C14H20FN3O3S. The zero-order valence-electron chi connectivity index (χ0n) is 12.6. The maximum atomic E-state index is 13.3. The molecule has 1 aliphatic rings. The molecule has 0 saturated carbocycles. The third-order valence-electron chi connectivity index (χ3n) is 3.92. The lowest BCUT2D eigenvalue weighted by Crippen LogP contribution is -2.57. The summed E-state index contributed by atoms with van der Waals surface area (Å²) in [5.41, 5.74) is 0.749. The highest BCUT2D eigenvalue weighted by Crippen LogP contribution is 2.21. The molecule has 1 aliphatic heterocycles. The molecule has 2 rings (SSSR count). The van der Waals surface area contributed by atoms with Crippen LogP contribution in [0.2, 0.25) is 0 Å². The minimum absolute atomic E-state index is 0.186. The summed E-state index contributed by atoms with van der Waals surface area (Å²) in [5, 5.41) is 3.79. The summed E-state index contributed by atoms with van der Waals surface area (Å²) < 4.78 is 35.9. The number of anilines is 1. The van der Waals surface area contributed by atoms with Crippen molar-refractivity contribution in [1.29, 1.82) is 0 Å². The smallest absolute Gasteiger partial charge is 0.242 e. The number of piperazine rings is 1. The minimum atomic E-state index is -3.90. The minimum Gasteiger partial charge on any atom is -0.368 e. The molecule has 0 spiro atoms. The second-order valence-electron chi connectivity index (χ2n) is 5.54. The maximum absolute atomic E-state index is 13.3. The Bertz CT molecular complexity index is 665. The van der Waals surface area contributed by atoms with Gasteiger partial charge in [-0.1, -0.05) is 6.07 Å². The summed E-state index contributed by atoms with van der Waals surface area (Å²) in [7, 11) is -3.90. The van der Waals surface area contributed by atoms with Crippen molar-refractivity contribution in [3.05, 3.63) is 30.1 Å². The average molecular weight is 329 g/mol. The van der Waals surface area contributed by atoms with Gasteiger partial charge in [-0.15, -0.1) is 0 Å². The van der Waals surface area contributed by atoms with E-state index in [4.69, 9.17) is 5.14 Å². The van der Waals surface area contributed by atoms with Gasteiger partial charge in [0, 0.05) is 31.4 Å². The third kappa shape index (κ3) is 3.56. The monoisotopic (exact) mass is 329 g/mol. The van der Waals surface area contributed by atoms with E-state index in [1.54, 1.807) is 12.1 Å². The quantitative estimate of drug-likeness (QED) is 0.877. The number of halogens is 1. The third-order valence-corrected chi connectivity index (χ3v) is 5.11. The van der Waals surface area contributed by atoms with Crippen LogP contribution in [0.3, 0.4) is 0 Å². The SMILES string of the molecule is CC1CN(c2cccc(F)c2)CCN1C(=O)C(C)S(N)(=O)=O. The number of amides is 1. The molecule has 2 N–H and O–H groups in total. The Kier molecular flexibility index (Phi) is 4.72. The van der Waals surface area contributed by atoms with Crippen LogP contribution in [0.1, 0.15) is 13.8 Å². The standard InChI is InChI=1S/C14H20FN3O3S/c1-10-9-17(13-5-3-4-12(15)8-13)6-7-18(10)14(19)11(2)22(16,20)21/h3-5,8,10-11H,6-7,9H2,1-2H3,(H2,16,20,21). The predicted octanol–water partition coefficient (Wildman–Crippen LogP) is 0.540. The van der Waals surface area contributed by atoms with Gasteiger partial charge in [0.2, 0.25) is 15.9 Å². The van der Waals surface area contributed by atoms with Crippen molar-refractivity contribution in [3.63, 3.8) is 0 Å². The first-order valence-electron chi connectivity index (χ1n) is 7.02. The van der Waals surface area contributed by atoms with Gasteiger partial charge in [-0.05, 0) is 32.0 Å². The van der Waals surface area contributed by atoms with Gasteiger partial charge in [0.15, 0.2) is 5.25 Å². The zero-order chi connectivity index (χ0) is 16.5. The first-order chi connectivity index (χ1) is 10.2. The normalized spacial score (nSPS) is 20.8. The second-order valence-corrected chi connectivity index (χ2v) is 7.42. The zero-order valence-corrected chi connectivity index (χ0v) is 13.4. The van der Waals surface area contributed by atoms with E-state index in [1.807, 2.05) is 11.8 Å². The van der Waals surface area contributed by atoms with Crippen LogP contribution in [-0.4, -0.2) is 50.2 Å². The number of primary sulfonamides is 1. The highest BCUT2D eigenvalue weighted by Gasteiger charge is 2.34. The second kappa shape index (κ2) is 6.21. The molecule has 0 bridgehead atoms. The van der Waals surface area contributed by atoms with E-state index < -0.39 is 21.2 Å². The molecular weight excluding hydrogens is 309 g/mol. The summed E-state index contributed by atoms with van der Waals surface area (Å²) >= 11 is 0. The van der Waals surface area contributed by atoms with E-state index in [-0.39, 0.29) is 11.9 Å². The Balaban J connectivity index is 2.09. The summed E-state index contributed by atoms with van der Waals surface area (Å²) in [6.07, 6.45) is 0. The fraction of sp³-hybridized carbons (Fsp3) is 0.500. The molecule has 1 aromatic rings. The predicted molar refractivity (Wildman–Crippen MR) is 82.4 cm³/mol. The average Bonchev–Trinajstić information content (AvgIpc) is 2.44. The number of hydrogen-bond donors (Lipinski definition) is 1. The van der Waals surface area contributed by atoms with E-state index in [0.717, 1.165) is 5.69 Å². The van der Waals surface area contributed by atoms with E-state index in [2.05, 4.69) is 0 Å². The largest absolute Gasteiger partial charge is 0.368 e. The molecule has 0 radical (unpaired) electrons. The lowest BCUT2D eigenvalue weighted by Gasteiger charge is -2.41. The molecule has 122 valence electrons. The van der Waals surface area contributed by atoms with Gasteiger partial charge >= 0.3 is 0 Å². The van der Waals surface area contributed by atoms with Crippen molar-refractivity contribution in [3.8, 4) is 0 Å². The number of benzene rings is 1. The molecule has 1 fully saturated rings. The van der Waals surface area contributed by atoms with E-state index in [1.165, 1.54) is 24.0 Å². The molecule has 1 amide bonds. The summed E-state index contributed by atoms with van der Waals surface area (Å²) in [4.78, 5) is 15.7. The van der Waals surface area contributed by atoms with Gasteiger partial charge in [0.25, 0.3) is 0 Å². The molecule has 1 heterocycles. The van der Waals surface area contributed by atoms with Crippen LogP contribution in [0, 0.1) is 5.82 Å². The molecule has 0 aromatic heterocycles. The topological polar surface area (TPSA) is 83.7 Å². The van der Waals surface area contributed by atoms with Gasteiger partial charge in [-0.2, -0.15) is 0 Å². The Morgan fingerprint density at radius 3 is 2.64 bits per heavy atom. The number of rotatable bonds is 3. The van der Waals surface area contributed by atoms with Crippen LogP contribution < -0.4 is 10.0 Å². The molecule has 6 nitrogen and oxygen atoms in total. The van der Waals surface area contributed by atoms with Crippen LogP contribution in [0.5, 0.6) is 0 Å². The molecule has 22 heavy (non-hydrogen) atoms. The van der Waals surface area contributed by atoms with Crippen LogP contribution in [-0.2, 0) is 14.8 Å². The fourth-order valence-corrected chi connectivity index (χ4v) is 2.98. The Morgan fingerprint density at radius 1 is 1.41 bits per heavy atom. The maximum Gasteiger partial charge on any atom is 0.242 e. The van der Waals surface area contributed by atoms with Crippen molar-refractivity contribution in [2.45, 2.75) is 25.1 Å². The van der Waals surface area contributed by atoms with Crippen molar-refractivity contribution in [2.24, 2.45) is 5.14 Å². The van der Waals surface area contributed by atoms with Gasteiger partial charge in [0.05, 0.1) is 0 Å². The Morgan fingerprint density at radius 2 is 2.09 bits per heavy atom. The number of nitrogens with zero attached hydrogens (tertiary/aromatic N) is 2. The lowest BCUT2D eigenvalue weighted by atomic mass is 10.1. The summed E-state index contributed by atoms with van der Waals surface area (Å²) in [6, 6.07) is 6.07. The van der Waals surface area contributed by atoms with Crippen LogP contribution in [0.4, 0.5) is 10.1 Å². The van der Waals surface area contributed by atoms with Gasteiger partial charge in [0.1, 0.15) is 5.82 Å². The summed E-state index contributed by atoms with van der Waals surface area (Å²) in [5.74, 6) is -0.805. The molecule has 2 unspecified atom stereocenters. The Hall–Kier alpha value is -1.67. The van der Waals surface area contributed by atoms with E-state index in [0.29, 0.717) is 19.6 Å². The van der Waals surface area contributed by atoms with Gasteiger partial charge < -0.3 is 9.80 Å². The molecule has 8 heteroatoms. The van der Waals surface area contributed by atoms with Crippen LogP contribution in [0.15, 0.2) is 24.3 Å². The first-order valence-corrected chi connectivity index (χ1v) is 8.63. The number of hydrogen-bond acceptors (Lipinski definition) is 4. The number of carbonyl (C=O) groups excluding carboxylic acids is 1. The van der Waals surface area contributed by atoms with Crippen LogP contribution in [0.25, 0.3) is 0 Å². The van der Waals surface area contributed by atoms with Crippen molar-refractivity contribution >= 4 is 21.6 Å². The molecule has 1 saturated heterocycles. The Labute approximate surface area is 129 Å². The first kappa shape index (κ1) is 16.7. The van der Waals surface area contributed by atoms with Crippen molar-refractivity contribution in [1.82, 2.24) is 4.90 Å². The van der Waals surface area contributed by atoms with Gasteiger partial charge in [-0.3, -0.25) is 4.79 Å². The molecule has 1 aromatic carbocycles. The van der Waals surface area contributed by atoms with Crippen molar-refractivity contribution in [2.75, 3.05) is 24.5 Å². The van der Waals surface area contributed by atoms with Crippen molar-refractivity contribution < 1.29 is 17.6 Å². The van der Waals surface area contributed by atoms with Crippen LogP contribution >= 0.6 is 0 Å². The highest BCUT2D eigenvalue weighted by molar-refractivity contribution is 7.90. The number of nitrogens with two attached hydrogens (primary N) is 1. The lowest BCUT2D eigenvalue weighted by molar-refractivity contribution is -0.132. The molecule has 2 atom stereocenters. The van der Waals surface area contributed by atoms with E-state index in [9.17, 15) is 17.6 Å². The van der Waals surface area contributed by atoms with E-state index >= 15 is 0 Å².